The van der Waals surface area contributed by atoms with Gasteiger partial charge in [-0.15, -0.1) is 0 Å². The summed E-state index contributed by atoms with van der Waals surface area (Å²) in [4.78, 5) is 24.4. The van der Waals surface area contributed by atoms with E-state index in [-0.39, 0.29) is 11.8 Å². The third-order valence-corrected chi connectivity index (χ3v) is 4.19. The summed E-state index contributed by atoms with van der Waals surface area (Å²) in [6.07, 6.45) is 1.61. The van der Waals surface area contributed by atoms with Gasteiger partial charge in [0, 0.05) is 24.8 Å². The number of nitrogens with zero attached hydrogens (tertiary/aromatic N) is 2. The number of amides is 2. The van der Waals surface area contributed by atoms with Crippen LogP contribution in [-0.4, -0.2) is 16.4 Å². The van der Waals surface area contributed by atoms with Crippen molar-refractivity contribution in [1.82, 2.24) is 4.57 Å². The van der Waals surface area contributed by atoms with E-state index in [0.29, 0.717) is 29.2 Å². The maximum atomic E-state index is 12.9. The second-order valence-corrected chi connectivity index (χ2v) is 5.86. The minimum absolute atomic E-state index is 0.305. The van der Waals surface area contributed by atoms with Crippen molar-refractivity contribution in [2.45, 2.75) is 33.2 Å². The third kappa shape index (κ3) is 2.65. The number of carbonyl (C=O) groups excluding carboxylic acids is 2. The van der Waals surface area contributed by atoms with Crippen molar-refractivity contribution in [3.8, 4) is 6.07 Å². The van der Waals surface area contributed by atoms with Crippen LogP contribution >= 0.6 is 0 Å². The fourth-order valence-corrected chi connectivity index (χ4v) is 3.13. The van der Waals surface area contributed by atoms with Crippen LogP contribution in [0.1, 0.15) is 40.7 Å². The lowest BCUT2D eigenvalue weighted by Gasteiger charge is -2.12. The summed E-state index contributed by atoms with van der Waals surface area (Å²) < 4.78 is 1.84. The first-order valence-corrected chi connectivity index (χ1v) is 7.83. The van der Waals surface area contributed by atoms with E-state index in [4.69, 9.17) is 0 Å². The number of fused-ring (bicyclic) bond motifs is 1. The molecule has 6 heteroatoms. The smallest absolute Gasteiger partial charge is 0.274 e. The SMILES string of the molecule is CC(=O)Nc1c(C#N)c2n(c1C(=O)Nc1ccccc1C)CCC2. The van der Waals surface area contributed by atoms with Crippen molar-refractivity contribution in [2.24, 2.45) is 0 Å². The zero-order valence-corrected chi connectivity index (χ0v) is 13.6. The molecule has 1 aromatic heterocycles. The van der Waals surface area contributed by atoms with Crippen LogP contribution in [0.25, 0.3) is 0 Å². The number of rotatable bonds is 3. The van der Waals surface area contributed by atoms with E-state index in [1.807, 2.05) is 35.8 Å². The standard InChI is InChI=1S/C18H18N4O2/c1-11-6-3-4-7-14(11)21-18(24)17-16(20-12(2)23)13(10-19)15-8-5-9-22(15)17/h3-4,6-7H,5,8-9H2,1-2H3,(H,20,23)(H,21,24). The molecule has 2 heterocycles. The molecular formula is C18H18N4O2. The van der Waals surface area contributed by atoms with Crippen LogP contribution in [0, 0.1) is 18.3 Å². The molecule has 1 aliphatic heterocycles. The topological polar surface area (TPSA) is 86.9 Å². The summed E-state index contributed by atoms with van der Waals surface area (Å²) in [6.45, 7) is 3.95. The van der Waals surface area contributed by atoms with Gasteiger partial charge in [-0.25, -0.2) is 0 Å². The predicted octanol–water partition coefficient (Wildman–Crippen LogP) is 2.83. The molecule has 1 aliphatic rings. The zero-order chi connectivity index (χ0) is 17.3. The van der Waals surface area contributed by atoms with Gasteiger partial charge < -0.3 is 15.2 Å². The van der Waals surface area contributed by atoms with Crippen molar-refractivity contribution in [2.75, 3.05) is 10.6 Å². The van der Waals surface area contributed by atoms with Gasteiger partial charge in [0.1, 0.15) is 11.8 Å². The van der Waals surface area contributed by atoms with Crippen molar-refractivity contribution < 1.29 is 9.59 Å². The van der Waals surface area contributed by atoms with Crippen molar-refractivity contribution in [3.05, 3.63) is 46.8 Å². The molecule has 0 bridgehead atoms. The molecule has 0 fully saturated rings. The number of benzene rings is 1. The summed E-state index contributed by atoms with van der Waals surface area (Å²) >= 11 is 0. The number of para-hydroxylation sites is 1. The molecule has 122 valence electrons. The molecule has 0 saturated heterocycles. The molecule has 0 saturated carbocycles. The lowest BCUT2D eigenvalue weighted by molar-refractivity contribution is -0.114. The average Bonchev–Trinajstić information content (AvgIpc) is 3.08. The van der Waals surface area contributed by atoms with Crippen molar-refractivity contribution in [3.63, 3.8) is 0 Å². The number of anilines is 2. The molecule has 0 spiro atoms. The number of hydrogen-bond acceptors (Lipinski definition) is 3. The molecule has 3 rings (SSSR count). The van der Waals surface area contributed by atoms with Gasteiger partial charge in [-0.1, -0.05) is 18.2 Å². The maximum absolute atomic E-state index is 12.9. The normalized spacial score (nSPS) is 12.4. The van der Waals surface area contributed by atoms with Gasteiger partial charge in [-0.2, -0.15) is 5.26 Å². The molecule has 1 aromatic carbocycles. The number of nitrogens with one attached hydrogen (secondary N) is 2. The summed E-state index contributed by atoms with van der Waals surface area (Å²) in [6, 6.07) is 9.62. The van der Waals surface area contributed by atoms with Crippen molar-refractivity contribution in [1.29, 1.82) is 5.26 Å². The molecular weight excluding hydrogens is 304 g/mol. The second-order valence-electron chi connectivity index (χ2n) is 5.86. The van der Waals surface area contributed by atoms with Gasteiger partial charge in [0.15, 0.2) is 0 Å². The Morgan fingerprint density at radius 3 is 2.67 bits per heavy atom. The van der Waals surface area contributed by atoms with E-state index in [0.717, 1.165) is 24.1 Å². The van der Waals surface area contributed by atoms with Crippen LogP contribution in [0.4, 0.5) is 11.4 Å². The Morgan fingerprint density at radius 2 is 2.00 bits per heavy atom. The summed E-state index contributed by atoms with van der Waals surface area (Å²) in [5.74, 6) is -0.626. The van der Waals surface area contributed by atoms with E-state index in [2.05, 4.69) is 16.7 Å². The van der Waals surface area contributed by atoms with Gasteiger partial charge in [0.05, 0.1) is 11.3 Å². The van der Waals surface area contributed by atoms with E-state index < -0.39 is 0 Å². The maximum Gasteiger partial charge on any atom is 0.274 e. The van der Waals surface area contributed by atoms with E-state index >= 15 is 0 Å². The van der Waals surface area contributed by atoms with Crippen molar-refractivity contribution >= 4 is 23.2 Å². The Kier molecular flexibility index (Phi) is 4.09. The first-order valence-electron chi connectivity index (χ1n) is 7.83. The zero-order valence-electron chi connectivity index (χ0n) is 13.6. The second kappa shape index (κ2) is 6.20. The third-order valence-electron chi connectivity index (χ3n) is 4.19. The fraction of sp³-hybridized carbons (Fsp3) is 0.278. The fourth-order valence-electron chi connectivity index (χ4n) is 3.13. The number of aryl methyl sites for hydroxylation is 1. The molecule has 2 amide bonds. The number of nitriles is 1. The number of carbonyl (C=O) groups is 2. The lowest BCUT2D eigenvalue weighted by atomic mass is 10.1. The Bertz CT molecular complexity index is 874. The lowest BCUT2D eigenvalue weighted by Crippen LogP contribution is -2.20. The molecule has 0 aliphatic carbocycles. The van der Waals surface area contributed by atoms with Gasteiger partial charge in [0.2, 0.25) is 5.91 Å². The molecule has 24 heavy (non-hydrogen) atoms. The summed E-state index contributed by atoms with van der Waals surface area (Å²) in [5.41, 5.74) is 3.51. The van der Waals surface area contributed by atoms with Crippen LogP contribution < -0.4 is 10.6 Å². The monoisotopic (exact) mass is 322 g/mol. The van der Waals surface area contributed by atoms with Crippen LogP contribution in [0.15, 0.2) is 24.3 Å². The highest BCUT2D eigenvalue weighted by Crippen LogP contribution is 2.33. The van der Waals surface area contributed by atoms with E-state index in [1.165, 1.54) is 6.92 Å². The number of aromatic nitrogens is 1. The Balaban J connectivity index is 2.06. The Hall–Kier alpha value is -3.07. The highest BCUT2D eigenvalue weighted by molar-refractivity contribution is 6.10. The largest absolute Gasteiger partial charge is 0.337 e. The molecule has 0 unspecified atom stereocenters. The quantitative estimate of drug-likeness (QED) is 0.911. The van der Waals surface area contributed by atoms with Crippen LogP contribution in [-0.2, 0) is 17.8 Å². The Labute approximate surface area is 140 Å². The predicted molar refractivity (Wildman–Crippen MR) is 90.9 cm³/mol. The molecule has 2 N–H and O–H groups in total. The van der Waals surface area contributed by atoms with Crippen LogP contribution in [0.5, 0.6) is 0 Å². The minimum atomic E-state index is -0.322. The molecule has 0 radical (unpaired) electrons. The molecule has 2 aromatic rings. The summed E-state index contributed by atoms with van der Waals surface area (Å²) in [5, 5.41) is 15.0. The van der Waals surface area contributed by atoms with Gasteiger partial charge in [-0.05, 0) is 31.4 Å². The first-order chi connectivity index (χ1) is 11.5. The first kappa shape index (κ1) is 15.8. The average molecular weight is 322 g/mol. The number of hydrogen-bond donors (Lipinski definition) is 2. The van der Waals surface area contributed by atoms with Gasteiger partial charge >= 0.3 is 0 Å². The van der Waals surface area contributed by atoms with Gasteiger partial charge in [-0.3, -0.25) is 9.59 Å². The Morgan fingerprint density at radius 1 is 1.25 bits per heavy atom. The highest BCUT2D eigenvalue weighted by atomic mass is 16.2. The summed E-state index contributed by atoms with van der Waals surface area (Å²) in [7, 11) is 0. The van der Waals surface area contributed by atoms with E-state index in [9.17, 15) is 14.9 Å². The molecule has 0 atom stereocenters. The van der Waals surface area contributed by atoms with Crippen LogP contribution in [0.2, 0.25) is 0 Å². The van der Waals surface area contributed by atoms with Gasteiger partial charge in [0.25, 0.3) is 5.91 Å². The highest BCUT2D eigenvalue weighted by Gasteiger charge is 2.30. The van der Waals surface area contributed by atoms with E-state index in [1.54, 1.807) is 0 Å². The molecule has 6 nitrogen and oxygen atoms in total. The minimum Gasteiger partial charge on any atom is -0.337 e. The van der Waals surface area contributed by atoms with Crippen LogP contribution in [0.3, 0.4) is 0 Å².